The summed E-state index contributed by atoms with van der Waals surface area (Å²) in [6.07, 6.45) is 2.47. The minimum absolute atomic E-state index is 0.505. The van der Waals surface area contributed by atoms with E-state index in [-0.39, 0.29) is 0 Å². The van der Waals surface area contributed by atoms with Crippen molar-refractivity contribution in [3.63, 3.8) is 0 Å². The molecule has 0 saturated carbocycles. The SMILES string of the molecule is ONCCc1cccc2[nH]c(-c3ccccn3)nc12. The topological polar surface area (TPSA) is 73.8 Å². The van der Waals surface area contributed by atoms with Crippen LogP contribution in [-0.2, 0) is 6.42 Å². The van der Waals surface area contributed by atoms with Gasteiger partial charge in [-0.1, -0.05) is 18.2 Å². The Hall–Kier alpha value is -2.24. The number of hydroxylamine groups is 1. The number of H-pyrrole nitrogens is 1. The van der Waals surface area contributed by atoms with E-state index in [1.54, 1.807) is 6.20 Å². The lowest BCUT2D eigenvalue weighted by Crippen LogP contribution is -2.11. The standard InChI is InChI=1S/C14H14N4O/c19-16-9-7-10-4-3-6-11-13(10)18-14(17-11)12-5-1-2-8-15-12/h1-6,8,16,19H,7,9H2,(H,17,18). The van der Waals surface area contributed by atoms with Gasteiger partial charge in [-0.2, -0.15) is 0 Å². The average Bonchev–Trinajstić information content (AvgIpc) is 2.90. The largest absolute Gasteiger partial charge is 0.337 e. The Kier molecular flexibility index (Phi) is 3.22. The number of aromatic nitrogens is 3. The molecule has 2 aromatic heterocycles. The van der Waals surface area contributed by atoms with Gasteiger partial charge in [0, 0.05) is 12.7 Å². The van der Waals surface area contributed by atoms with Crippen molar-refractivity contribution in [2.45, 2.75) is 6.42 Å². The van der Waals surface area contributed by atoms with Crippen molar-refractivity contribution in [3.8, 4) is 11.5 Å². The maximum absolute atomic E-state index is 8.69. The van der Waals surface area contributed by atoms with Crippen molar-refractivity contribution in [2.75, 3.05) is 6.54 Å². The predicted octanol–water partition coefficient (Wildman–Crippen LogP) is 2.15. The highest BCUT2D eigenvalue weighted by Crippen LogP contribution is 2.21. The Morgan fingerprint density at radius 2 is 2.11 bits per heavy atom. The summed E-state index contributed by atoms with van der Waals surface area (Å²) < 4.78 is 0. The second-order valence-electron chi connectivity index (χ2n) is 4.27. The first-order chi connectivity index (χ1) is 9.38. The monoisotopic (exact) mass is 254 g/mol. The molecule has 0 amide bonds. The van der Waals surface area contributed by atoms with E-state index in [1.807, 2.05) is 36.4 Å². The quantitative estimate of drug-likeness (QED) is 0.624. The van der Waals surface area contributed by atoms with Crippen LogP contribution >= 0.6 is 0 Å². The number of hydrogen-bond acceptors (Lipinski definition) is 4. The highest BCUT2D eigenvalue weighted by molar-refractivity contribution is 5.81. The van der Waals surface area contributed by atoms with E-state index in [0.717, 1.165) is 34.5 Å². The minimum Gasteiger partial charge on any atom is -0.337 e. The molecule has 0 saturated heterocycles. The van der Waals surface area contributed by atoms with Crippen molar-refractivity contribution in [3.05, 3.63) is 48.2 Å². The van der Waals surface area contributed by atoms with E-state index in [2.05, 4.69) is 20.4 Å². The summed E-state index contributed by atoms with van der Waals surface area (Å²) >= 11 is 0. The third-order valence-corrected chi connectivity index (χ3v) is 3.01. The highest BCUT2D eigenvalue weighted by Gasteiger charge is 2.09. The Labute approximate surface area is 110 Å². The van der Waals surface area contributed by atoms with Gasteiger partial charge in [-0.05, 0) is 30.2 Å². The first-order valence-electron chi connectivity index (χ1n) is 6.14. The summed E-state index contributed by atoms with van der Waals surface area (Å²) in [4.78, 5) is 12.2. The van der Waals surface area contributed by atoms with Crippen LogP contribution in [0.5, 0.6) is 0 Å². The van der Waals surface area contributed by atoms with Crippen LogP contribution in [0.4, 0.5) is 0 Å². The molecule has 19 heavy (non-hydrogen) atoms. The minimum atomic E-state index is 0.505. The maximum atomic E-state index is 8.69. The molecule has 0 atom stereocenters. The second kappa shape index (κ2) is 5.17. The number of fused-ring (bicyclic) bond motifs is 1. The predicted molar refractivity (Wildman–Crippen MR) is 72.8 cm³/mol. The summed E-state index contributed by atoms with van der Waals surface area (Å²) in [6, 6.07) is 11.7. The molecule has 0 spiro atoms. The smallest absolute Gasteiger partial charge is 0.157 e. The molecule has 1 aromatic carbocycles. The van der Waals surface area contributed by atoms with Crippen LogP contribution in [0.3, 0.4) is 0 Å². The van der Waals surface area contributed by atoms with Gasteiger partial charge in [0.05, 0.1) is 11.0 Å². The van der Waals surface area contributed by atoms with E-state index in [0.29, 0.717) is 6.54 Å². The molecule has 2 heterocycles. The summed E-state index contributed by atoms with van der Waals surface area (Å²) in [6.45, 7) is 0.505. The van der Waals surface area contributed by atoms with Crippen molar-refractivity contribution in [1.82, 2.24) is 20.4 Å². The van der Waals surface area contributed by atoms with Gasteiger partial charge in [0.25, 0.3) is 0 Å². The zero-order valence-electron chi connectivity index (χ0n) is 10.3. The zero-order valence-corrected chi connectivity index (χ0v) is 10.3. The molecular formula is C14H14N4O. The average molecular weight is 254 g/mol. The molecule has 5 nitrogen and oxygen atoms in total. The summed E-state index contributed by atoms with van der Waals surface area (Å²) in [5.74, 6) is 0.764. The van der Waals surface area contributed by atoms with Gasteiger partial charge in [-0.25, -0.2) is 10.5 Å². The van der Waals surface area contributed by atoms with Crippen molar-refractivity contribution < 1.29 is 5.21 Å². The molecular weight excluding hydrogens is 240 g/mol. The number of para-hydroxylation sites is 1. The Bertz CT molecular complexity index is 678. The molecule has 0 aliphatic carbocycles. The van der Waals surface area contributed by atoms with Gasteiger partial charge < -0.3 is 10.2 Å². The van der Waals surface area contributed by atoms with Crippen LogP contribution in [-0.4, -0.2) is 26.7 Å². The highest BCUT2D eigenvalue weighted by atomic mass is 16.5. The fourth-order valence-electron chi connectivity index (χ4n) is 2.11. The van der Waals surface area contributed by atoms with E-state index < -0.39 is 0 Å². The van der Waals surface area contributed by atoms with E-state index in [9.17, 15) is 0 Å². The van der Waals surface area contributed by atoms with Gasteiger partial charge >= 0.3 is 0 Å². The lowest BCUT2D eigenvalue weighted by molar-refractivity contribution is 0.168. The summed E-state index contributed by atoms with van der Waals surface area (Å²) in [5, 5.41) is 8.69. The van der Waals surface area contributed by atoms with Gasteiger partial charge in [-0.15, -0.1) is 0 Å². The molecule has 0 radical (unpaired) electrons. The van der Waals surface area contributed by atoms with Crippen LogP contribution in [0, 0.1) is 0 Å². The first-order valence-corrected chi connectivity index (χ1v) is 6.14. The summed E-state index contributed by atoms with van der Waals surface area (Å²) in [7, 11) is 0. The molecule has 3 N–H and O–H groups in total. The molecule has 0 bridgehead atoms. The Balaban J connectivity index is 2.05. The molecule has 0 aliphatic heterocycles. The van der Waals surface area contributed by atoms with Crippen molar-refractivity contribution in [2.24, 2.45) is 0 Å². The number of hydrogen-bond donors (Lipinski definition) is 3. The number of rotatable bonds is 4. The second-order valence-corrected chi connectivity index (χ2v) is 4.27. The van der Waals surface area contributed by atoms with Crippen LogP contribution < -0.4 is 5.48 Å². The first kappa shape index (κ1) is 11.8. The molecule has 0 aliphatic rings. The number of imidazole rings is 1. The number of aromatic amines is 1. The van der Waals surface area contributed by atoms with Gasteiger partial charge in [0.2, 0.25) is 0 Å². The van der Waals surface area contributed by atoms with Crippen LogP contribution in [0.2, 0.25) is 0 Å². The lowest BCUT2D eigenvalue weighted by atomic mass is 10.1. The molecule has 3 rings (SSSR count). The number of nitrogens with one attached hydrogen (secondary N) is 2. The molecule has 96 valence electrons. The number of nitrogens with zero attached hydrogens (tertiary/aromatic N) is 2. The fourth-order valence-corrected chi connectivity index (χ4v) is 2.11. The lowest BCUT2D eigenvalue weighted by Gasteiger charge is -2.00. The summed E-state index contributed by atoms with van der Waals surface area (Å²) in [5.41, 5.74) is 6.00. The molecule has 0 fully saturated rings. The van der Waals surface area contributed by atoms with Crippen LogP contribution in [0.1, 0.15) is 5.56 Å². The van der Waals surface area contributed by atoms with E-state index in [1.165, 1.54) is 0 Å². The van der Waals surface area contributed by atoms with Gasteiger partial charge in [0.1, 0.15) is 5.69 Å². The molecule has 0 unspecified atom stereocenters. The van der Waals surface area contributed by atoms with Gasteiger partial charge in [-0.3, -0.25) is 4.98 Å². The molecule has 5 heteroatoms. The fraction of sp³-hybridized carbons (Fsp3) is 0.143. The maximum Gasteiger partial charge on any atom is 0.157 e. The van der Waals surface area contributed by atoms with E-state index in [4.69, 9.17) is 5.21 Å². The Morgan fingerprint density at radius 1 is 1.16 bits per heavy atom. The third kappa shape index (κ3) is 2.33. The number of benzene rings is 1. The van der Waals surface area contributed by atoms with E-state index >= 15 is 0 Å². The van der Waals surface area contributed by atoms with Crippen LogP contribution in [0.25, 0.3) is 22.6 Å². The Morgan fingerprint density at radius 3 is 2.89 bits per heavy atom. The van der Waals surface area contributed by atoms with Crippen LogP contribution in [0.15, 0.2) is 42.6 Å². The van der Waals surface area contributed by atoms with Crippen molar-refractivity contribution in [1.29, 1.82) is 0 Å². The van der Waals surface area contributed by atoms with Crippen molar-refractivity contribution >= 4 is 11.0 Å². The number of pyridine rings is 1. The molecule has 3 aromatic rings. The zero-order chi connectivity index (χ0) is 13.1. The normalized spacial score (nSPS) is 11.0. The van der Waals surface area contributed by atoms with Gasteiger partial charge in [0.15, 0.2) is 5.82 Å². The third-order valence-electron chi connectivity index (χ3n) is 3.01.